The van der Waals surface area contributed by atoms with Gasteiger partial charge in [-0.15, -0.1) is 0 Å². The number of hydrogen-bond donors (Lipinski definition) is 3. The molecule has 0 atom stereocenters. The van der Waals surface area contributed by atoms with Gasteiger partial charge in [-0.2, -0.15) is 0 Å². The van der Waals surface area contributed by atoms with Crippen molar-refractivity contribution in [3.8, 4) is 0 Å². The Labute approximate surface area is 67.2 Å². The average molecular weight is 171 g/mol. The van der Waals surface area contributed by atoms with Gasteiger partial charge in [-0.05, 0) is 12.1 Å². The van der Waals surface area contributed by atoms with Crippen molar-refractivity contribution in [2.45, 2.75) is 0 Å². The molecule has 0 unspecified atom stereocenters. The van der Waals surface area contributed by atoms with Crippen LogP contribution in [-0.4, -0.2) is 16.3 Å². The Kier molecular flexibility index (Phi) is 2.25. The number of anilines is 1. The Morgan fingerprint density at radius 3 is 2.58 bits per heavy atom. The predicted molar refractivity (Wildman–Crippen MR) is 38.8 cm³/mol. The van der Waals surface area contributed by atoms with Gasteiger partial charge in [0.2, 0.25) is 0 Å². The SMILES string of the molecule is O=C(O)c1cccc(F)c1NO. The molecule has 0 amide bonds. The molecule has 0 spiro atoms. The van der Waals surface area contributed by atoms with Crippen LogP contribution in [0.4, 0.5) is 10.1 Å². The quantitative estimate of drug-likeness (QED) is 0.587. The fourth-order valence-electron chi connectivity index (χ4n) is 0.816. The first-order chi connectivity index (χ1) is 5.66. The molecule has 1 rings (SSSR count). The molecule has 0 aliphatic heterocycles. The van der Waals surface area contributed by atoms with E-state index in [1.54, 1.807) is 0 Å². The van der Waals surface area contributed by atoms with Crippen LogP contribution >= 0.6 is 0 Å². The number of halogens is 1. The minimum Gasteiger partial charge on any atom is -0.478 e. The van der Waals surface area contributed by atoms with Gasteiger partial charge < -0.3 is 5.11 Å². The first-order valence-electron chi connectivity index (χ1n) is 3.08. The van der Waals surface area contributed by atoms with Crippen LogP contribution in [0.5, 0.6) is 0 Å². The number of hydrogen-bond acceptors (Lipinski definition) is 3. The summed E-state index contributed by atoms with van der Waals surface area (Å²) in [5.74, 6) is -2.11. The molecule has 64 valence electrons. The summed E-state index contributed by atoms with van der Waals surface area (Å²) in [6.45, 7) is 0. The first-order valence-corrected chi connectivity index (χ1v) is 3.08. The number of carboxylic acid groups (broad SMARTS) is 1. The van der Waals surface area contributed by atoms with E-state index in [2.05, 4.69) is 0 Å². The van der Waals surface area contributed by atoms with Crippen LogP contribution in [0, 0.1) is 5.82 Å². The lowest BCUT2D eigenvalue weighted by atomic mass is 10.2. The molecule has 0 radical (unpaired) electrons. The summed E-state index contributed by atoms with van der Waals surface area (Å²) in [6.07, 6.45) is 0. The van der Waals surface area contributed by atoms with Crippen molar-refractivity contribution in [1.82, 2.24) is 0 Å². The van der Waals surface area contributed by atoms with Gasteiger partial charge in [0, 0.05) is 0 Å². The van der Waals surface area contributed by atoms with Crippen molar-refractivity contribution in [3.05, 3.63) is 29.6 Å². The summed E-state index contributed by atoms with van der Waals surface area (Å²) in [7, 11) is 0. The van der Waals surface area contributed by atoms with Crippen molar-refractivity contribution >= 4 is 11.7 Å². The second kappa shape index (κ2) is 3.19. The molecular formula is C7H6FNO3. The molecule has 0 saturated heterocycles. The molecule has 0 fully saturated rings. The third-order valence-corrected chi connectivity index (χ3v) is 1.36. The van der Waals surface area contributed by atoms with E-state index >= 15 is 0 Å². The highest BCUT2D eigenvalue weighted by molar-refractivity contribution is 5.94. The van der Waals surface area contributed by atoms with Crippen LogP contribution < -0.4 is 5.48 Å². The van der Waals surface area contributed by atoms with Crippen molar-refractivity contribution in [2.24, 2.45) is 0 Å². The third kappa shape index (κ3) is 1.35. The largest absolute Gasteiger partial charge is 0.478 e. The topological polar surface area (TPSA) is 69.6 Å². The fourth-order valence-corrected chi connectivity index (χ4v) is 0.816. The monoisotopic (exact) mass is 171 g/mol. The Morgan fingerprint density at radius 1 is 1.50 bits per heavy atom. The Balaban J connectivity index is 3.27. The molecule has 0 aliphatic carbocycles. The minimum absolute atomic E-state index is 0.308. The number of rotatable bonds is 2. The zero-order valence-corrected chi connectivity index (χ0v) is 5.91. The average Bonchev–Trinajstić information content (AvgIpc) is 2.03. The Bertz CT molecular complexity index is 314. The molecule has 1 aromatic rings. The molecule has 0 aliphatic rings. The summed E-state index contributed by atoms with van der Waals surface area (Å²) in [4.78, 5) is 10.4. The van der Waals surface area contributed by atoms with E-state index < -0.39 is 17.5 Å². The zero-order valence-electron chi connectivity index (χ0n) is 5.91. The highest BCUT2D eigenvalue weighted by Crippen LogP contribution is 2.18. The van der Waals surface area contributed by atoms with Gasteiger partial charge >= 0.3 is 5.97 Å². The van der Waals surface area contributed by atoms with E-state index in [0.717, 1.165) is 6.07 Å². The van der Waals surface area contributed by atoms with E-state index in [4.69, 9.17) is 10.3 Å². The molecule has 4 nitrogen and oxygen atoms in total. The molecular weight excluding hydrogens is 165 g/mol. The lowest BCUT2D eigenvalue weighted by Gasteiger charge is -2.03. The number of aromatic carboxylic acids is 1. The van der Waals surface area contributed by atoms with Gasteiger partial charge in [0.05, 0.1) is 5.56 Å². The molecule has 0 bridgehead atoms. The van der Waals surface area contributed by atoms with Crippen LogP contribution in [0.2, 0.25) is 0 Å². The molecule has 0 heterocycles. The standard InChI is InChI=1S/C7H6FNO3/c8-5-3-1-2-4(7(10)11)6(5)9-12/h1-3,9,12H,(H,10,11). The highest BCUT2D eigenvalue weighted by Gasteiger charge is 2.12. The van der Waals surface area contributed by atoms with Crippen molar-refractivity contribution in [3.63, 3.8) is 0 Å². The van der Waals surface area contributed by atoms with Crippen molar-refractivity contribution in [2.75, 3.05) is 5.48 Å². The lowest BCUT2D eigenvalue weighted by molar-refractivity contribution is 0.0696. The number of benzene rings is 1. The summed E-state index contributed by atoms with van der Waals surface area (Å²) in [6, 6.07) is 3.48. The second-order valence-corrected chi connectivity index (χ2v) is 2.08. The predicted octanol–water partition coefficient (Wildman–Crippen LogP) is 1.32. The highest BCUT2D eigenvalue weighted by atomic mass is 19.1. The summed E-state index contributed by atoms with van der Waals surface area (Å²) < 4.78 is 12.7. The van der Waals surface area contributed by atoms with Crippen molar-refractivity contribution in [1.29, 1.82) is 0 Å². The number of para-hydroxylation sites is 1. The van der Waals surface area contributed by atoms with E-state index in [1.807, 2.05) is 0 Å². The maximum atomic E-state index is 12.7. The van der Waals surface area contributed by atoms with Crippen LogP contribution in [-0.2, 0) is 0 Å². The molecule has 12 heavy (non-hydrogen) atoms. The molecule has 5 heteroatoms. The summed E-state index contributed by atoms with van der Waals surface area (Å²) in [5.41, 5.74) is 0.756. The van der Waals surface area contributed by atoms with E-state index in [9.17, 15) is 9.18 Å². The van der Waals surface area contributed by atoms with Crippen molar-refractivity contribution < 1.29 is 19.5 Å². The summed E-state index contributed by atoms with van der Waals surface area (Å²) >= 11 is 0. The number of nitrogens with one attached hydrogen (secondary N) is 1. The smallest absolute Gasteiger partial charge is 0.337 e. The van der Waals surface area contributed by atoms with Gasteiger partial charge in [-0.3, -0.25) is 10.7 Å². The normalized spacial score (nSPS) is 9.50. The van der Waals surface area contributed by atoms with E-state index in [1.165, 1.54) is 17.6 Å². The first kappa shape index (κ1) is 8.48. The Hall–Kier alpha value is -1.62. The van der Waals surface area contributed by atoms with Crippen LogP contribution in [0.25, 0.3) is 0 Å². The second-order valence-electron chi connectivity index (χ2n) is 2.08. The molecule has 0 aromatic heterocycles. The Morgan fingerprint density at radius 2 is 2.17 bits per heavy atom. The third-order valence-electron chi connectivity index (χ3n) is 1.36. The molecule has 1 aromatic carbocycles. The van der Waals surface area contributed by atoms with Crippen LogP contribution in [0.3, 0.4) is 0 Å². The zero-order chi connectivity index (χ0) is 9.14. The number of carbonyl (C=O) groups is 1. The maximum Gasteiger partial charge on any atom is 0.337 e. The van der Waals surface area contributed by atoms with E-state index in [0.29, 0.717) is 0 Å². The minimum atomic E-state index is -1.30. The van der Waals surface area contributed by atoms with Crippen LogP contribution in [0.15, 0.2) is 18.2 Å². The molecule has 0 saturated carbocycles. The van der Waals surface area contributed by atoms with Gasteiger partial charge in [0.15, 0.2) is 0 Å². The molecule has 3 N–H and O–H groups in total. The summed E-state index contributed by atoms with van der Waals surface area (Å²) in [5, 5.41) is 16.9. The number of carboxylic acids is 1. The maximum absolute atomic E-state index is 12.7. The fraction of sp³-hybridized carbons (Fsp3) is 0. The van der Waals surface area contributed by atoms with Crippen LogP contribution in [0.1, 0.15) is 10.4 Å². The van der Waals surface area contributed by atoms with Gasteiger partial charge in [0.25, 0.3) is 0 Å². The van der Waals surface area contributed by atoms with E-state index in [-0.39, 0.29) is 5.56 Å². The van der Waals surface area contributed by atoms with Gasteiger partial charge in [-0.1, -0.05) is 6.07 Å². The van der Waals surface area contributed by atoms with Gasteiger partial charge in [-0.25, -0.2) is 9.18 Å². The lowest BCUT2D eigenvalue weighted by Crippen LogP contribution is -2.04. The van der Waals surface area contributed by atoms with Gasteiger partial charge in [0.1, 0.15) is 11.5 Å².